The number of anilines is 3. The summed E-state index contributed by atoms with van der Waals surface area (Å²) in [6.45, 7) is 57.4. The zero-order valence-electron chi connectivity index (χ0n) is 61.3. The average molecular weight is 1250 g/mol. The lowest BCUT2D eigenvalue weighted by molar-refractivity contribution is 0.246. The van der Waals surface area contributed by atoms with Crippen LogP contribution in [0, 0.1) is 16.7 Å². The van der Waals surface area contributed by atoms with Crippen molar-refractivity contribution in [2.24, 2.45) is 16.7 Å². The van der Waals surface area contributed by atoms with Gasteiger partial charge in [0.1, 0.15) is 0 Å². The second-order valence-corrected chi connectivity index (χ2v) is 37.7. The van der Waals surface area contributed by atoms with E-state index in [4.69, 9.17) is 0 Å². The lowest BCUT2D eigenvalue weighted by atomic mass is 9.35. The van der Waals surface area contributed by atoms with E-state index in [1.165, 1.54) is 139 Å². The Morgan fingerprint density at radius 3 is 1.80 bits per heavy atom. The van der Waals surface area contributed by atoms with Crippen molar-refractivity contribution in [1.29, 1.82) is 0 Å². The number of hydrogen-bond acceptors (Lipinski definition) is 3. The highest BCUT2D eigenvalue weighted by Gasteiger charge is 2.54. The number of fused-ring (bicyclic) bond motifs is 12. The van der Waals surface area contributed by atoms with E-state index in [1.54, 1.807) is 11.1 Å². The van der Waals surface area contributed by atoms with Crippen molar-refractivity contribution in [3.05, 3.63) is 200 Å². The molecule has 0 bridgehead atoms. The van der Waals surface area contributed by atoms with Gasteiger partial charge >= 0.3 is 0 Å². The fourth-order valence-corrected chi connectivity index (χ4v) is 19.3. The van der Waals surface area contributed by atoms with Crippen molar-refractivity contribution in [3.63, 3.8) is 0 Å². The van der Waals surface area contributed by atoms with Gasteiger partial charge in [-0.2, -0.15) is 0 Å². The molecule has 0 saturated heterocycles. The Labute approximate surface area is 565 Å². The third-order valence-electron chi connectivity index (χ3n) is 24.7. The van der Waals surface area contributed by atoms with Crippen LogP contribution in [0.2, 0.25) is 0 Å². The van der Waals surface area contributed by atoms with Crippen LogP contribution in [0.25, 0.3) is 37.6 Å². The first-order chi connectivity index (χ1) is 43.3. The first-order valence-electron chi connectivity index (χ1n) is 35.8. The van der Waals surface area contributed by atoms with E-state index in [2.05, 4.69) is 312 Å². The smallest absolute Gasteiger partial charge is 0.259 e. The fraction of sp³-hybridized carbons (Fsp3) is 0.477. The largest absolute Gasteiger partial charge is 0.358 e. The zero-order chi connectivity index (χ0) is 66.6. The van der Waals surface area contributed by atoms with E-state index in [0.717, 1.165) is 38.6 Å². The number of hydrogen-bond donors (Lipinski definition) is 0. The topological polar surface area (TPSA) is 11.4 Å². The minimum atomic E-state index is -0.424. The van der Waals surface area contributed by atoms with Gasteiger partial charge in [-0.1, -0.05) is 230 Å². The molecule has 2 aliphatic heterocycles. The van der Waals surface area contributed by atoms with Crippen LogP contribution in [-0.4, -0.2) is 23.4 Å². The molecule has 0 N–H and O–H groups in total. The molecule has 5 aliphatic carbocycles. The monoisotopic (exact) mass is 1250 g/mol. The molecule has 14 rings (SSSR count). The molecule has 4 heterocycles. The highest BCUT2D eigenvalue weighted by Crippen LogP contribution is 2.60. The molecule has 484 valence electrons. The van der Waals surface area contributed by atoms with Crippen molar-refractivity contribution in [1.82, 2.24) is 4.57 Å². The predicted molar refractivity (Wildman–Crippen MR) is 408 cm³/mol. The maximum Gasteiger partial charge on any atom is 0.259 e. The molecule has 3 nitrogen and oxygen atoms in total. The molecule has 5 heteroatoms. The van der Waals surface area contributed by atoms with Gasteiger partial charge in [0.2, 0.25) is 0 Å². The second kappa shape index (κ2) is 21.1. The fourth-order valence-electron chi connectivity index (χ4n) is 17.9. The maximum absolute atomic E-state index is 3.05. The molecule has 2 aromatic heterocycles. The van der Waals surface area contributed by atoms with Crippen LogP contribution in [0.5, 0.6) is 0 Å². The standard InChI is InChI=1S/C88H108BN3S/c1-53-37-38-83(13,14)66-46-64-77(47-63(66)55(53)3)93-79-78(64)90(88(23)51-70-67(84(15,16)41-42-87(70,21)22)48-65(88)56-27-25-24-26-28-56)52-72-75(43-54(2)91-73-44-58(81(7,8)9)31-35-61(73)62-36-32-59(45-74(62)91)82(10,11)12)92(60-33-29-57(30-34-60)80(4,5)6)76-50-69-68(49-71(76)89(72)79)85(17,18)39-40-86(69,19)20/h25,27-38,43-50,53,55H,24,26,39-42,51-52H2,1-23H3/b54-43+. The summed E-state index contributed by atoms with van der Waals surface area (Å²) in [6.07, 6.45) is 25.9. The Morgan fingerprint density at radius 1 is 0.624 bits per heavy atom. The van der Waals surface area contributed by atoms with E-state index in [9.17, 15) is 0 Å². The molecular formula is C88H108BN3S. The summed E-state index contributed by atoms with van der Waals surface area (Å²) in [5, 5.41) is 4.04. The summed E-state index contributed by atoms with van der Waals surface area (Å²) in [4.78, 5) is 5.83. The van der Waals surface area contributed by atoms with E-state index in [0.29, 0.717) is 11.8 Å². The first kappa shape index (κ1) is 64.1. The molecule has 0 spiro atoms. The molecule has 7 aromatic rings. The molecular weight excluding hydrogens is 1140 g/mol. The minimum absolute atomic E-state index is 0.00374. The van der Waals surface area contributed by atoms with Gasteiger partial charge in [-0.25, -0.2) is 0 Å². The van der Waals surface area contributed by atoms with Gasteiger partial charge in [-0.3, -0.25) is 0 Å². The van der Waals surface area contributed by atoms with Gasteiger partial charge in [0.05, 0.1) is 22.3 Å². The van der Waals surface area contributed by atoms with E-state index >= 15 is 0 Å². The van der Waals surface area contributed by atoms with Crippen LogP contribution in [-0.2, 0) is 32.5 Å². The third kappa shape index (κ3) is 10.2. The molecule has 3 unspecified atom stereocenters. The van der Waals surface area contributed by atoms with E-state index < -0.39 is 5.54 Å². The normalized spacial score (nSPS) is 23.9. The molecule has 93 heavy (non-hydrogen) atoms. The highest BCUT2D eigenvalue weighted by atomic mass is 32.1. The van der Waals surface area contributed by atoms with Crippen molar-refractivity contribution >= 4 is 82.9 Å². The summed E-state index contributed by atoms with van der Waals surface area (Å²) in [7, 11) is 0. The number of aromatic nitrogens is 1. The molecule has 0 radical (unpaired) electrons. The van der Waals surface area contributed by atoms with Crippen LogP contribution >= 0.6 is 11.3 Å². The second-order valence-electron chi connectivity index (χ2n) is 36.7. The molecule has 0 saturated carbocycles. The first-order valence-corrected chi connectivity index (χ1v) is 36.6. The summed E-state index contributed by atoms with van der Waals surface area (Å²) in [6, 6.07) is 35.4. The Bertz CT molecular complexity index is 4460. The average Bonchev–Trinajstić information content (AvgIpc) is 1.68. The van der Waals surface area contributed by atoms with Gasteiger partial charge in [-0.05, 0) is 224 Å². The third-order valence-corrected chi connectivity index (χ3v) is 25.9. The van der Waals surface area contributed by atoms with Crippen molar-refractivity contribution in [2.45, 2.75) is 248 Å². The number of nitrogens with zero attached hydrogens (tertiary/aromatic N) is 3. The molecule has 5 aromatic carbocycles. The Hall–Kier alpha value is -6.30. The lowest BCUT2D eigenvalue weighted by Gasteiger charge is -2.56. The van der Waals surface area contributed by atoms with E-state index in [1.807, 2.05) is 0 Å². The minimum Gasteiger partial charge on any atom is -0.358 e. The SMILES string of the molecule is C/C(=C\C1=C2CN(C3(C)CC4=C(C=C3C3=CCCC=C3)C(C)(C)CCC4(C)C)c3c(sc4cc5c(cc34)C(C)(C)C=CC(C)C5C)B2c2cc3c(cc2N1c1ccc(C(C)(C)C)cc1)C(C)(C)CCC3(C)C)n1c2cc(C(C)(C)C)ccc2c2ccc(C(C)(C)C)cc21. The molecule has 3 atom stereocenters. The summed E-state index contributed by atoms with van der Waals surface area (Å²) in [5.41, 5.74) is 27.7. The number of rotatable bonds is 5. The van der Waals surface area contributed by atoms with Crippen LogP contribution in [0.15, 0.2) is 161 Å². The zero-order valence-corrected chi connectivity index (χ0v) is 62.1. The van der Waals surface area contributed by atoms with Crippen molar-refractivity contribution < 1.29 is 0 Å². The number of thiophene rings is 1. The van der Waals surface area contributed by atoms with Crippen molar-refractivity contribution in [3.8, 4) is 0 Å². The summed E-state index contributed by atoms with van der Waals surface area (Å²) < 4.78 is 5.58. The Kier molecular flexibility index (Phi) is 14.5. The molecule has 0 amide bonds. The molecule has 0 fully saturated rings. The van der Waals surface area contributed by atoms with Crippen molar-refractivity contribution in [2.75, 3.05) is 16.3 Å². The highest BCUT2D eigenvalue weighted by molar-refractivity contribution is 7.32. The van der Waals surface area contributed by atoms with Crippen LogP contribution in [0.4, 0.5) is 17.1 Å². The summed E-state index contributed by atoms with van der Waals surface area (Å²) >= 11 is 2.13. The van der Waals surface area contributed by atoms with Crippen LogP contribution < -0.4 is 20.0 Å². The Balaban J connectivity index is 1.16. The molecule has 7 aliphatic rings. The van der Waals surface area contributed by atoms with Crippen LogP contribution in [0.3, 0.4) is 0 Å². The maximum atomic E-state index is 3.05. The van der Waals surface area contributed by atoms with Gasteiger partial charge in [0.25, 0.3) is 6.71 Å². The van der Waals surface area contributed by atoms with Gasteiger partial charge in [0, 0.05) is 60.4 Å². The predicted octanol–water partition coefficient (Wildman–Crippen LogP) is 23.3. The van der Waals surface area contributed by atoms with Crippen LogP contribution in [0.1, 0.15) is 249 Å². The quantitative estimate of drug-likeness (QED) is 0.126. The lowest BCUT2D eigenvalue weighted by Crippen LogP contribution is -2.62. The van der Waals surface area contributed by atoms with E-state index in [-0.39, 0.29) is 50.0 Å². The number of allylic oxidation sites excluding steroid dienone is 9. The Morgan fingerprint density at radius 2 is 1.20 bits per heavy atom. The summed E-state index contributed by atoms with van der Waals surface area (Å²) in [5.74, 6) is 0.815. The van der Waals surface area contributed by atoms with Gasteiger partial charge in [0.15, 0.2) is 0 Å². The van der Waals surface area contributed by atoms with Gasteiger partial charge in [-0.15, -0.1) is 11.3 Å². The van der Waals surface area contributed by atoms with Gasteiger partial charge < -0.3 is 14.4 Å². The number of benzene rings is 5.